The van der Waals surface area contributed by atoms with Gasteiger partial charge in [0.25, 0.3) is 0 Å². The second kappa shape index (κ2) is 5.96. The van der Waals surface area contributed by atoms with Gasteiger partial charge in [-0.1, -0.05) is 30.9 Å². The number of nitrogens with zero attached hydrogens (tertiary/aromatic N) is 1. The van der Waals surface area contributed by atoms with Crippen molar-refractivity contribution in [3.8, 4) is 11.8 Å². The summed E-state index contributed by atoms with van der Waals surface area (Å²) in [5, 5.41) is 0. The van der Waals surface area contributed by atoms with E-state index in [-0.39, 0.29) is 11.4 Å². The van der Waals surface area contributed by atoms with Gasteiger partial charge in [0.05, 0.1) is 11.4 Å². The third-order valence-corrected chi connectivity index (χ3v) is 5.55. The zero-order valence-corrected chi connectivity index (χ0v) is 12.7. The van der Waals surface area contributed by atoms with Crippen molar-refractivity contribution in [2.24, 2.45) is 17.6 Å². The quantitative estimate of drug-likeness (QED) is 0.850. The summed E-state index contributed by atoms with van der Waals surface area (Å²) < 4.78 is 26.7. The Morgan fingerprint density at radius 2 is 2.05 bits per heavy atom. The van der Waals surface area contributed by atoms with Gasteiger partial charge in [-0.05, 0) is 30.4 Å². The predicted octanol–water partition coefficient (Wildman–Crippen LogP) is 1.27. The van der Waals surface area contributed by atoms with E-state index in [0.717, 1.165) is 6.42 Å². The molecule has 20 heavy (non-hydrogen) atoms. The van der Waals surface area contributed by atoms with E-state index < -0.39 is 10.0 Å². The molecule has 0 bridgehead atoms. The molecule has 4 nitrogen and oxygen atoms in total. The van der Waals surface area contributed by atoms with E-state index in [1.807, 2.05) is 0 Å². The van der Waals surface area contributed by atoms with E-state index in [1.165, 1.54) is 4.31 Å². The van der Waals surface area contributed by atoms with Crippen molar-refractivity contribution >= 4 is 10.0 Å². The Morgan fingerprint density at radius 1 is 1.40 bits per heavy atom. The van der Waals surface area contributed by atoms with Crippen LogP contribution < -0.4 is 5.73 Å². The van der Waals surface area contributed by atoms with Crippen molar-refractivity contribution in [2.45, 2.75) is 18.2 Å². The number of benzene rings is 1. The molecular weight excluding hydrogens is 272 g/mol. The molecule has 0 spiro atoms. The van der Waals surface area contributed by atoms with Gasteiger partial charge >= 0.3 is 0 Å². The van der Waals surface area contributed by atoms with Crippen LogP contribution in [0.5, 0.6) is 0 Å². The summed E-state index contributed by atoms with van der Waals surface area (Å²) in [6.07, 6.45) is 1.11. The molecule has 0 aromatic heterocycles. The minimum absolute atomic E-state index is 0.212. The average molecular weight is 292 g/mol. The Morgan fingerprint density at radius 3 is 2.65 bits per heavy atom. The Balaban J connectivity index is 2.29. The van der Waals surface area contributed by atoms with Gasteiger partial charge in [0.2, 0.25) is 10.0 Å². The Kier molecular flexibility index (Phi) is 4.48. The first-order valence-electron chi connectivity index (χ1n) is 6.71. The molecule has 1 aliphatic rings. The van der Waals surface area contributed by atoms with Gasteiger partial charge in [-0.15, -0.1) is 0 Å². The van der Waals surface area contributed by atoms with E-state index >= 15 is 0 Å². The van der Waals surface area contributed by atoms with Crippen molar-refractivity contribution in [3.63, 3.8) is 0 Å². The van der Waals surface area contributed by atoms with Crippen molar-refractivity contribution in [1.82, 2.24) is 4.31 Å². The molecule has 0 aliphatic heterocycles. The molecule has 2 N–H and O–H groups in total. The fourth-order valence-electron chi connectivity index (χ4n) is 2.19. The summed E-state index contributed by atoms with van der Waals surface area (Å²) in [5.41, 5.74) is 5.86. The van der Waals surface area contributed by atoms with Crippen LogP contribution in [-0.4, -0.2) is 32.9 Å². The van der Waals surface area contributed by atoms with Crippen molar-refractivity contribution in [1.29, 1.82) is 0 Å². The van der Waals surface area contributed by atoms with E-state index in [1.54, 1.807) is 31.3 Å². The van der Waals surface area contributed by atoms with Gasteiger partial charge in [0, 0.05) is 19.2 Å². The molecule has 2 unspecified atom stereocenters. The molecule has 0 heterocycles. The topological polar surface area (TPSA) is 63.4 Å². The molecule has 1 aliphatic carbocycles. The fraction of sp³-hybridized carbons (Fsp3) is 0.467. The zero-order valence-electron chi connectivity index (χ0n) is 11.8. The summed E-state index contributed by atoms with van der Waals surface area (Å²) in [7, 11) is -1.86. The number of sulfonamides is 1. The molecule has 2 atom stereocenters. The predicted molar refractivity (Wildman–Crippen MR) is 79.5 cm³/mol. The second-order valence-corrected chi connectivity index (χ2v) is 7.27. The first-order valence-corrected chi connectivity index (χ1v) is 8.15. The Labute approximate surface area is 121 Å². The molecule has 0 radical (unpaired) electrons. The molecule has 0 saturated heterocycles. The molecule has 1 aromatic carbocycles. The highest BCUT2D eigenvalue weighted by atomic mass is 32.2. The van der Waals surface area contributed by atoms with Crippen LogP contribution in [0.2, 0.25) is 0 Å². The molecule has 2 rings (SSSR count). The van der Waals surface area contributed by atoms with Gasteiger partial charge in [-0.2, -0.15) is 0 Å². The van der Waals surface area contributed by atoms with Crippen LogP contribution in [0, 0.1) is 23.7 Å². The molecule has 0 amide bonds. The van der Waals surface area contributed by atoms with E-state index in [4.69, 9.17) is 5.73 Å². The van der Waals surface area contributed by atoms with Crippen LogP contribution >= 0.6 is 0 Å². The standard InChI is InChI=1S/C15H20N2O2S/c1-12-10-14(12)11-17(2)20(18,19)15-8-4-3-6-13(15)7-5-9-16/h3-4,6,8,12,14H,9-11,16H2,1-2H3. The molecule has 5 heteroatoms. The van der Waals surface area contributed by atoms with Gasteiger partial charge in [0.15, 0.2) is 0 Å². The number of hydrogen-bond donors (Lipinski definition) is 1. The Hall–Kier alpha value is -1.35. The first-order chi connectivity index (χ1) is 9.46. The zero-order chi connectivity index (χ0) is 14.8. The second-order valence-electron chi connectivity index (χ2n) is 5.26. The van der Waals surface area contributed by atoms with Gasteiger partial charge in [-0.3, -0.25) is 0 Å². The van der Waals surface area contributed by atoms with Gasteiger partial charge < -0.3 is 5.73 Å². The Bertz CT molecular complexity index is 643. The lowest BCUT2D eigenvalue weighted by Gasteiger charge is -2.18. The maximum absolute atomic E-state index is 12.6. The van der Waals surface area contributed by atoms with Crippen molar-refractivity contribution in [3.05, 3.63) is 29.8 Å². The van der Waals surface area contributed by atoms with Gasteiger partial charge in [0.1, 0.15) is 0 Å². The molecule has 1 saturated carbocycles. The van der Waals surface area contributed by atoms with Crippen LogP contribution in [0.25, 0.3) is 0 Å². The van der Waals surface area contributed by atoms with Crippen molar-refractivity contribution in [2.75, 3.05) is 20.1 Å². The smallest absolute Gasteiger partial charge is 0.244 e. The third kappa shape index (κ3) is 3.21. The van der Waals surface area contributed by atoms with Crippen molar-refractivity contribution < 1.29 is 8.42 Å². The number of hydrogen-bond acceptors (Lipinski definition) is 3. The van der Waals surface area contributed by atoms with Crippen LogP contribution in [-0.2, 0) is 10.0 Å². The summed E-state index contributed by atoms with van der Waals surface area (Å²) >= 11 is 0. The van der Waals surface area contributed by atoms with E-state index in [9.17, 15) is 8.42 Å². The lowest BCUT2D eigenvalue weighted by atomic mass is 10.2. The highest BCUT2D eigenvalue weighted by Crippen LogP contribution is 2.38. The summed E-state index contributed by atoms with van der Waals surface area (Å²) in [5.74, 6) is 6.65. The summed E-state index contributed by atoms with van der Waals surface area (Å²) in [6, 6.07) is 6.81. The highest BCUT2D eigenvalue weighted by Gasteiger charge is 2.36. The summed E-state index contributed by atoms with van der Waals surface area (Å²) in [4.78, 5) is 0.261. The third-order valence-electron chi connectivity index (χ3n) is 3.67. The van der Waals surface area contributed by atoms with Gasteiger partial charge in [-0.25, -0.2) is 12.7 Å². The number of rotatable bonds is 4. The first kappa shape index (κ1) is 15.0. The lowest BCUT2D eigenvalue weighted by molar-refractivity contribution is 0.444. The van der Waals surface area contributed by atoms with E-state index in [2.05, 4.69) is 18.8 Å². The minimum atomic E-state index is -3.49. The largest absolute Gasteiger partial charge is 0.320 e. The minimum Gasteiger partial charge on any atom is -0.320 e. The molecule has 1 aromatic rings. The molecule has 108 valence electrons. The lowest BCUT2D eigenvalue weighted by Crippen LogP contribution is -2.29. The van der Waals surface area contributed by atoms with Crippen LogP contribution in [0.15, 0.2) is 29.2 Å². The number of nitrogens with two attached hydrogens (primary N) is 1. The average Bonchev–Trinajstić information content (AvgIpc) is 3.12. The monoisotopic (exact) mass is 292 g/mol. The fourth-order valence-corrected chi connectivity index (χ4v) is 3.56. The van der Waals surface area contributed by atoms with Crippen LogP contribution in [0.3, 0.4) is 0 Å². The normalized spacial score (nSPS) is 21.4. The highest BCUT2D eigenvalue weighted by molar-refractivity contribution is 7.89. The van der Waals surface area contributed by atoms with Crippen LogP contribution in [0.1, 0.15) is 18.9 Å². The van der Waals surface area contributed by atoms with E-state index in [0.29, 0.717) is 23.9 Å². The maximum atomic E-state index is 12.6. The van der Waals surface area contributed by atoms with Crippen LogP contribution in [0.4, 0.5) is 0 Å². The summed E-state index contributed by atoms with van der Waals surface area (Å²) in [6.45, 7) is 2.93. The molecular formula is C15H20N2O2S. The SMILES string of the molecule is CC1CC1CN(C)S(=O)(=O)c1ccccc1C#CCN. The maximum Gasteiger partial charge on any atom is 0.244 e. The molecule has 1 fully saturated rings.